The topological polar surface area (TPSA) is 130 Å². The van der Waals surface area contributed by atoms with E-state index in [4.69, 9.17) is 15.4 Å². The van der Waals surface area contributed by atoms with Crippen molar-refractivity contribution >= 4 is 29.3 Å². The van der Waals surface area contributed by atoms with Crippen LogP contribution in [0.25, 0.3) is 0 Å². The van der Waals surface area contributed by atoms with Crippen molar-refractivity contribution in [3.05, 3.63) is 41.7 Å². The van der Waals surface area contributed by atoms with Crippen LogP contribution in [-0.4, -0.2) is 57.3 Å². The molecular weight excluding hydrogens is 516 g/mol. The average Bonchev–Trinajstić information content (AvgIpc) is 3.54. The Morgan fingerprint density at radius 1 is 1.10 bits per heavy atom. The van der Waals surface area contributed by atoms with Crippen molar-refractivity contribution in [1.82, 2.24) is 20.2 Å². The van der Waals surface area contributed by atoms with Gasteiger partial charge in [-0.1, -0.05) is 56.5 Å². The lowest BCUT2D eigenvalue weighted by Crippen LogP contribution is -2.51. The predicted octanol–water partition coefficient (Wildman–Crippen LogP) is 5.85. The van der Waals surface area contributed by atoms with Crippen molar-refractivity contribution < 1.29 is 9.90 Å². The molecule has 2 aromatic rings. The molecule has 1 aromatic carbocycles. The maximum atomic E-state index is 11.4. The average molecular weight is 561 g/mol. The van der Waals surface area contributed by atoms with Gasteiger partial charge in [0.25, 0.3) is 0 Å². The van der Waals surface area contributed by atoms with Crippen molar-refractivity contribution in [3.8, 4) is 0 Å². The monoisotopic (exact) mass is 560 g/mol. The van der Waals surface area contributed by atoms with Gasteiger partial charge in [-0.2, -0.15) is 0 Å². The van der Waals surface area contributed by atoms with Crippen LogP contribution in [0.2, 0.25) is 0 Å². The lowest BCUT2D eigenvalue weighted by Gasteiger charge is -2.40. The summed E-state index contributed by atoms with van der Waals surface area (Å²) in [7, 11) is 0. The number of fused-ring (bicyclic) bond motifs is 1. The Morgan fingerprint density at radius 3 is 2.54 bits per heavy atom. The Morgan fingerprint density at radius 2 is 1.85 bits per heavy atom. The van der Waals surface area contributed by atoms with Crippen LogP contribution in [0.3, 0.4) is 0 Å². The highest BCUT2D eigenvalue weighted by atomic mass is 16.4. The standard InChI is InChI=1S/C31H44N8O2/c1-19-13-15-21(16-14-19)18-39-25-27(33-20(2)22-10-6-11-22)35-29(26(32)34-31(40)41)36-28(25)37-30(39)38-17-7-12-24(38)23-8-4-3-5-9-23/h3-5,8-9,19-22,24,30H,6-7,10-18H2,1-2H3,(H2,32,34)(H,40,41)(H2,33,35,36,37)/t19?,20-,21?,24?,30?/m1/s1. The van der Waals surface area contributed by atoms with Gasteiger partial charge in [-0.3, -0.25) is 15.6 Å². The number of carboxylic acid groups (broad SMARTS) is 1. The minimum Gasteiger partial charge on any atom is -0.465 e. The second-order valence-electron chi connectivity index (χ2n) is 12.6. The molecule has 0 radical (unpaired) electrons. The number of rotatable bonds is 8. The molecule has 41 heavy (non-hydrogen) atoms. The highest BCUT2D eigenvalue weighted by Crippen LogP contribution is 2.46. The van der Waals surface area contributed by atoms with Crippen LogP contribution in [0.4, 0.5) is 22.1 Å². The highest BCUT2D eigenvalue weighted by Gasteiger charge is 2.43. The molecule has 1 saturated heterocycles. The van der Waals surface area contributed by atoms with Gasteiger partial charge in [0.05, 0.1) is 0 Å². The first-order valence-corrected chi connectivity index (χ1v) is 15.5. The molecule has 5 N–H and O–H groups in total. The minimum absolute atomic E-state index is 0.0788. The molecule has 2 unspecified atom stereocenters. The van der Waals surface area contributed by atoms with Gasteiger partial charge in [0.2, 0.25) is 0 Å². The van der Waals surface area contributed by atoms with E-state index in [1.807, 2.05) is 0 Å². The van der Waals surface area contributed by atoms with Crippen molar-refractivity contribution in [3.63, 3.8) is 0 Å². The molecule has 2 aliphatic carbocycles. The fraction of sp³-hybridized carbons (Fsp3) is 0.613. The molecule has 3 atom stereocenters. The molecule has 10 nitrogen and oxygen atoms in total. The smallest absolute Gasteiger partial charge is 0.410 e. The summed E-state index contributed by atoms with van der Waals surface area (Å²) in [6, 6.07) is 11.3. The molecule has 3 heterocycles. The number of likely N-dealkylation sites (tertiary alicyclic amines) is 1. The molecule has 2 saturated carbocycles. The van der Waals surface area contributed by atoms with Crippen LogP contribution >= 0.6 is 0 Å². The summed E-state index contributed by atoms with van der Waals surface area (Å²) >= 11 is 0. The first-order chi connectivity index (χ1) is 19.9. The molecule has 0 bridgehead atoms. The van der Waals surface area contributed by atoms with Crippen molar-refractivity contribution in [2.24, 2.45) is 17.8 Å². The number of carbonyl (C=O) groups is 1. The van der Waals surface area contributed by atoms with Gasteiger partial charge in [-0.25, -0.2) is 14.8 Å². The molecule has 2 aliphatic heterocycles. The number of benzene rings is 1. The van der Waals surface area contributed by atoms with Gasteiger partial charge in [-0.15, -0.1) is 0 Å². The van der Waals surface area contributed by atoms with Crippen molar-refractivity contribution in [1.29, 1.82) is 5.41 Å². The van der Waals surface area contributed by atoms with E-state index in [-0.39, 0.29) is 24.0 Å². The van der Waals surface area contributed by atoms with Crippen molar-refractivity contribution in [2.75, 3.05) is 28.6 Å². The summed E-state index contributed by atoms with van der Waals surface area (Å²) < 4.78 is 0. The summed E-state index contributed by atoms with van der Waals surface area (Å²) in [5.74, 6) is 3.07. The number of aromatic nitrogens is 2. The van der Waals surface area contributed by atoms with Gasteiger partial charge in [0.1, 0.15) is 5.69 Å². The first-order valence-electron chi connectivity index (χ1n) is 15.5. The van der Waals surface area contributed by atoms with E-state index < -0.39 is 6.09 Å². The predicted molar refractivity (Wildman–Crippen MR) is 161 cm³/mol. The number of nitrogens with one attached hydrogen (secondary N) is 4. The number of anilines is 3. The second kappa shape index (κ2) is 11.8. The third-order valence-corrected chi connectivity index (χ3v) is 9.79. The van der Waals surface area contributed by atoms with Gasteiger partial charge in [0.15, 0.2) is 29.6 Å². The summed E-state index contributed by atoms with van der Waals surface area (Å²) in [5, 5.41) is 27.2. The molecule has 1 aromatic heterocycles. The van der Waals surface area contributed by atoms with E-state index in [9.17, 15) is 9.90 Å². The molecule has 0 spiro atoms. The minimum atomic E-state index is -1.29. The Kier molecular flexibility index (Phi) is 8.01. The van der Waals surface area contributed by atoms with E-state index in [1.54, 1.807) is 0 Å². The fourth-order valence-electron chi connectivity index (χ4n) is 7.16. The van der Waals surface area contributed by atoms with Crippen LogP contribution in [0.15, 0.2) is 30.3 Å². The van der Waals surface area contributed by atoms with Gasteiger partial charge in [-0.05, 0) is 68.8 Å². The molecular formula is C31H44N8O2. The van der Waals surface area contributed by atoms with Gasteiger partial charge in [0, 0.05) is 25.2 Å². The van der Waals surface area contributed by atoms with Gasteiger partial charge < -0.3 is 20.6 Å². The van der Waals surface area contributed by atoms with E-state index in [0.717, 1.165) is 37.5 Å². The van der Waals surface area contributed by atoms with Crippen LogP contribution in [0.1, 0.15) is 89.1 Å². The van der Waals surface area contributed by atoms with E-state index in [0.29, 0.717) is 29.5 Å². The first kappa shape index (κ1) is 27.8. The zero-order chi connectivity index (χ0) is 28.5. The Bertz CT molecular complexity index is 1240. The van der Waals surface area contributed by atoms with Gasteiger partial charge >= 0.3 is 6.09 Å². The molecule has 6 rings (SSSR count). The lowest BCUT2D eigenvalue weighted by molar-refractivity contribution is 0.187. The molecule has 220 valence electrons. The quantitative estimate of drug-likeness (QED) is 0.201. The van der Waals surface area contributed by atoms with Crippen LogP contribution < -0.4 is 20.9 Å². The lowest BCUT2D eigenvalue weighted by atomic mass is 9.80. The van der Waals surface area contributed by atoms with Crippen LogP contribution in [0.5, 0.6) is 0 Å². The van der Waals surface area contributed by atoms with E-state index >= 15 is 0 Å². The Labute approximate surface area is 242 Å². The normalized spacial score (nSPS) is 27.0. The SMILES string of the molecule is CC1CCC(CN2c3c(nc(C(=N)NC(=O)O)nc3N[C@H](C)C3CCC3)NC2N2CCCC2c2ccccc2)CC1. The molecule has 1 amide bonds. The second-order valence-corrected chi connectivity index (χ2v) is 12.6. The maximum absolute atomic E-state index is 11.4. The number of hydrogen-bond acceptors (Lipinski definition) is 8. The Balaban J connectivity index is 1.38. The Hall–Kier alpha value is -3.40. The summed E-state index contributed by atoms with van der Waals surface area (Å²) in [6.45, 7) is 6.45. The fourth-order valence-corrected chi connectivity index (χ4v) is 7.16. The van der Waals surface area contributed by atoms with E-state index in [1.165, 1.54) is 50.5 Å². The number of nitrogens with zero attached hydrogens (tertiary/aromatic N) is 4. The maximum Gasteiger partial charge on any atom is 0.410 e. The van der Waals surface area contributed by atoms with Crippen LogP contribution in [0, 0.1) is 23.2 Å². The third kappa shape index (κ3) is 5.84. The summed E-state index contributed by atoms with van der Waals surface area (Å²) in [5.41, 5.74) is 2.27. The molecule has 4 aliphatic rings. The van der Waals surface area contributed by atoms with Crippen LogP contribution in [-0.2, 0) is 0 Å². The summed E-state index contributed by atoms with van der Waals surface area (Å²) in [4.78, 5) is 25.9. The van der Waals surface area contributed by atoms with E-state index in [2.05, 4.69) is 69.9 Å². The summed E-state index contributed by atoms with van der Waals surface area (Å²) in [6.07, 6.45) is 9.43. The zero-order valence-electron chi connectivity index (χ0n) is 24.3. The van der Waals surface area contributed by atoms with Crippen molar-refractivity contribution in [2.45, 2.75) is 90.0 Å². The third-order valence-electron chi connectivity index (χ3n) is 9.79. The zero-order valence-corrected chi connectivity index (χ0v) is 24.3. The molecule has 3 fully saturated rings. The molecule has 10 heteroatoms. The number of amides is 1. The highest BCUT2D eigenvalue weighted by molar-refractivity contribution is 6.03. The number of hydrogen-bond donors (Lipinski definition) is 5. The largest absolute Gasteiger partial charge is 0.465 e. The number of amidine groups is 1.